The molecule has 116 valence electrons. The Labute approximate surface area is 140 Å². The van der Waals surface area contributed by atoms with Gasteiger partial charge >= 0.3 is 0 Å². The average Bonchev–Trinajstić information content (AvgIpc) is 2.53. The van der Waals surface area contributed by atoms with Crippen LogP contribution in [0.15, 0.2) is 58.8 Å². The molecule has 22 heavy (non-hydrogen) atoms. The summed E-state index contributed by atoms with van der Waals surface area (Å²) in [5, 5.41) is 10.2. The molecule has 2 aromatic rings. The molecule has 2 aromatic carbocycles. The third-order valence-electron chi connectivity index (χ3n) is 3.55. The fraction of sp³-hybridized carbons (Fsp3) is 0.294. The van der Waals surface area contributed by atoms with E-state index in [2.05, 4.69) is 10.2 Å². The first kappa shape index (κ1) is 16.9. The second-order valence-electron chi connectivity index (χ2n) is 5.14. The van der Waals surface area contributed by atoms with Gasteiger partial charge in [0.1, 0.15) is 0 Å². The number of hydrogen-bond acceptors (Lipinski definition) is 3. The van der Waals surface area contributed by atoms with E-state index in [4.69, 9.17) is 27.9 Å². The first-order valence-electron chi connectivity index (χ1n) is 6.93. The number of halogens is 2. The number of hydrogen-bond donors (Lipinski definition) is 0. The normalized spacial score (nSPS) is 15.7. The summed E-state index contributed by atoms with van der Waals surface area (Å²) in [6, 6.07) is 14.9. The van der Waals surface area contributed by atoms with Gasteiger partial charge in [-0.2, -0.15) is 10.2 Å². The molecule has 0 heterocycles. The van der Waals surface area contributed by atoms with Crippen molar-refractivity contribution in [3.8, 4) is 0 Å². The Morgan fingerprint density at radius 3 is 1.95 bits per heavy atom. The summed E-state index contributed by atoms with van der Waals surface area (Å²) in [5.41, 5.74) is 1.10. The van der Waals surface area contributed by atoms with Crippen molar-refractivity contribution in [2.24, 2.45) is 10.2 Å². The van der Waals surface area contributed by atoms with E-state index in [-0.39, 0.29) is 6.04 Å². The molecular weight excluding hydrogens is 319 g/mol. The zero-order valence-corrected chi connectivity index (χ0v) is 14.3. The topological polar surface area (TPSA) is 34.0 Å². The van der Waals surface area contributed by atoms with E-state index in [0.717, 1.165) is 11.1 Å². The summed E-state index contributed by atoms with van der Waals surface area (Å²) >= 11 is 11.8. The number of benzene rings is 2. The first-order valence-corrected chi connectivity index (χ1v) is 7.69. The molecule has 2 unspecified atom stereocenters. The first-order chi connectivity index (χ1) is 10.4. The zero-order chi connectivity index (χ0) is 16.2. The van der Waals surface area contributed by atoms with Crippen LogP contribution in [0.4, 0.5) is 0 Å². The monoisotopic (exact) mass is 336 g/mol. The molecule has 2 rings (SSSR count). The van der Waals surface area contributed by atoms with Gasteiger partial charge in [-0.15, -0.1) is 0 Å². The minimum Gasteiger partial charge on any atom is -0.352 e. The standard InChI is InChI=1S/C17H18Cl2N2O/c1-12(13-4-8-15(18)9-5-13)20-21-17(2,22-3)14-6-10-16(19)11-7-14/h4-12H,1-3H3/b21-20+. The van der Waals surface area contributed by atoms with Crippen LogP contribution < -0.4 is 0 Å². The SMILES string of the molecule is COC(C)(/N=N/C(C)c1ccc(Cl)cc1)c1ccc(Cl)cc1. The lowest BCUT2D eigenvalue weighted by Crippen LogP contribution is -2.21. The maximum absolute atomic E-state index is 5.92. The Hall–Kier alpha value is -1.42. The molecule has 5 heteroatoms. The van der Waals surface area contributed by atoms with Gasteiger partial charge in [0.2, 0.25) is 5.72 Å². The van der Waals surface area contributed by atoms with Crippen molar-refractivity contribution < 1.29 is 4.74 Å². The average molecular weight is 337 g/mol. The molecule has 0 fully saturated rings. The van der Waals surface area contributed by atoms with Gasteiger partial charge in [0, 0.05) is 22.7 Å². The van der Waals surface area contributed by atoms with E-state index in [0.29, 0.717) is 10.0 Å². The van der Waals surface area contributed by atoms with Gasteiger partial charge in [0.05, 0.1) is 6.04 Å². The fourth-order valence-corrected chi connectivity index (χ4v) is 2.23. The van der Waals surface area contributed by atoms with Gasteiger partial charge in [-0.1, -0.05) is 47.5 Å². The zero-order valence-electron chi connectivity index (χ0n) is 12.8. The van der Waals surface area contributed by atoms with E-state index in [1.807, 2.05) is 62.4 Å². The van der Waals surface area contributed by atoms with E-state index in [1.54, 1.807) is 7.11 Å². The number of azo groups is 1. The number of rotatable bonds is 5. The van der Waals surface area contributed by atoms with Crippen molar-refractivity contribution in [2.45, 2.75) is 25.6 Å². The highest BCUT2D eigenvalue weighted by molar-refractivity contribution is 6.30. The van der Waals surface area contributed by atoms with Gasteiger partial charge in [0.25, 0.3) is 0 Å². The van der Waals surface area contributed by atoms with Gasteiger partial charge in [-0.25, -0.2) is 0 Å². The van der Waals surface area contributed by atoms with Crippen molar-refractivity contribution in [3.63, 3.8) is 0 Å². The predicted molar refractivity (Wildman–Crippen MR) is 90.5 cm³/mol. The smallest absolute Gasteiger partial charge is 0.201 e. The molecular formula is C17H18Cl2N2O. The van der Waals surface area contributed by atoms with E-state index >= 15 is 0 Å². The lowest BCUT2D eigenvalue weighted by molar-refractivity contribution is 0.00218. The molecule has 0 N–H and O–H groups in total. The second-order valence-corrected chi connectivity index (χ2v) is 6.01. The molecule has 0 aliphatic carbocycles. The largest absolute Gasteiger partial charge is 0.352 e. The van der Waals surface area contributed by atoms with Crippen molar-refractivity contribution in [1.82, 2.24) is 0 Å². The molecule has 0 aliphatic heterocycles. The van der Waals surface area contributed by atoms with Gasteiger partial charge in [-0.05, 0) is 43.7 Å². The van der Waals surface area contributed by atoms with Crippen LogP contribution in [0.5, 0.6) is 0 Å². The Morgan fingerprint density at radius 1 is 0.955 bits per heavy atom. The summed E-state index contributed by atoms with van der Waals surface area (Å²) in [5.74, 6) is 0. The van der Waals surface area contributed by atoms with Crippen LogP contribution in [0.3, 0.4) is 0 Å². The maximum Gasteiger partial charge on any atom is 0.201 e. The minimum absolute atomic E-state index is 0.0842. The highest BCUT2D eigenvalue weighted by Crippen LogP contribution is 2.30. The summed E-state index contributed by atoms with van der Waals surface area (Å²) in [4.78, 5) is 0. The molecule has 0 radical (unpaired) electrons. The van der Waals surface area contributed by atoms with Crippen LogP contribution in [0.25, 0.3) is 0 Å². The van der Waals surface area contributed by atoms with Crippen LogP contribution in [0.1, 0.15) is 31.0 Å². The molecule has 0 spiro atoms. The lowest BCUT2D eigenvalue weighted by Gasteiger charge is -2.23. The highest BCUT2D eigenvalue weighted by Gasteiger charge is 2.26. The molecule has 2 atom stereocenters. The minimum atomic E-state index is -0.842. The van der Waals surface area contributed by atoms with Gasteiger partial charge < -0.3 is 4.74 Å². The fourth-order valence-electron chi connectivity index (χ4n) is 1.98. The molecule has 0 saturated heterocycles. The maximum atomic E-state index is 5.92. The van der Waals surface area contributed by atoms with Crippen LogP contribution in [-0.4, -0.2) is 7.11 Å². The number of ether oxygens (including phenoxy) is 1. The molecule has 0 aliphatic rings. The quantitative estimate of drug-likeness (QED) is 0.614. The van der Waals surface area contributed by atoms with E-state index < -0.39 is 5.72 Å². The Bertz CT molecular complexity index is 641. The van der Waals surface area contributed by atoms with E-state index in [9.17, 15) is 0 Å². The third kappa shape index (κ3) is 4.07. The highest BCUT2D eigenvalue weighted by atomic mass is 35.5. The molecule has 0 saturated carbocycles. The van der Waals surface area contributed by atoms with Gasteiger partial charge in [0.15, 0.2) is 0 Å². The van der Waals surface area contributed by atoms with Crippen LogP contribution in [-0.2, 0) is 10.5 Å². The summed E-state index contributed by atoms with van der Waals surface area (Å²) in [6.45, 7) is 3.85. The predicted octanol–water partition coefficient (Wildman–Crippen LogP) is 6.03. The number of nitrogens with zero attached hydrogens (tertiary/aromatic N) is 2. The molecule has 3 nitrogen and oxygen atoms in total. The lowest BCUT2D eigenvalue weighted by atomic mass is 10.1. The van der Waals surface area contributed by atoms with Crippen LogP contribution >= 0.6 is 23.2 Å². The van der Waals surface area contributed by atoms with Crippen LogP contribution in [0.2, 0.25) is 10.0 Å². The molecule has 0 bridgehead atoms. The second kappa shape index (κ2) is 7.23. The van der Waals surface area contributed by atoms with Crippen molar-refractivity contribution in [1.29, 1.82) is 0 Å². The van der Waals surface area contributed by atoms with Crippen molar-refractivity contribution >= 4 is 23.2 Å². The van der Waals surface area contributed by atoms with E-state index in [1.165, 1.54) is 0 Å². The van der Waals surface area contributed by atoms with Crippen molar-refractivity contribution in [2.75, 3.05) is 7.11 Å². The summed E-state index contributed by atoms with van der Waals surface area (Å²) in [6.07, 6.45) is 0. The molecule has 0 aromatic heterocycles. The van der Waals surface area contributed by atoms with Crippen molar-refractivity contribution in [3.05, 3.63) is 69.7 Å². The summed E-state index contributed by atoms with van der Waals surface area (Å²) < 4.78 is 5.54. The van der Waals surface area contributed by atoms with Gasteiger partial charge in [-0.3, -0.25) is 0 Å². The Morgan fingerprint density at radius 2 is 1.45 bits per heavy atom. The third-order valence-corrected chi connectivity index (χ3v) is 4.06. The summed E-state index contributed by atoms with van der Waals surface area (Å²) in [7, 11) is 1.61. The number of methoxy groups -OCH3 is 1. The Balaban J connectivity index is 2.21. The molecule has 0 amide bonds. The Kier molecular flexibility index (Phi) is 5.57. The van der Waals surface area contributed by atoms with Crippen LogP contribution in [0, 0.1) is 0 Å².